The summed E-state index contributed by atoms with van der Waals surface area (Å²) in [7, 11) is 1.49. The number of thioether (sulfide) groups is 1. The van der Waals surface area contributed by atoms with Gasteiger partial charge in [-0.1, -0.05) is 18.2 Å². The number of para-hydroxylation sites is 1. The molecule has 0 aromatic heterocycles. The molecule has 0 unspecified atom stereocenters. The maximum atomic E-state index is 13.2. The topological polar surface area (TPSA) is 78.5 Å². The summed E-state index contributed by atoms with van der Waals surface area (Å²) in [6.07, 6.45) is -0.0193. The second-order valence-electron chi connectivity index (χ2n) is 6.10. The monoisotopic (exact) mass is 387 g/mol. The van der Waals surface area contributed by atoms with E-state index in [1.165, 1.54) is 41.9 Å². The Morgan fingerprint density at radius 1 is 1.22 bits per heavy atom. The van der Waals surface area contributed by atoms with Gasteiger partial charge in [-0.2, -0.15) is 0 Å². The molecule has 2 aromatic rings. The maximum absolute atomic E-state index is 13.2. The van der Waals surface area contributed by atoms with Crippen LogP contribution >= 0.6 is 11.8 Å². The first-order valence-electron chi connectivity index (χ1n) is 8.28. The lowest BCUT2D eigenvalue weighted by Crippen LogP contribution is -2.39. The Morgan fingerprint density at radius 2 is 2.00 bits per heavy atom. The number of nitrogens with zero attached hydrogens (tertiary/aromatic N) is 1. The van der Waals surface area contributed by atoms with Crippen molar-refractivity contribution in [3.05, 3.63) is 54.3 Å². The number of hydrogen-bond donors (Lipinski definition) is 2. The Balaban J connectivity index is 1.54. The van der Waals surface area contributed by atoms with Crippen LogP contribution in [-0.2, 0) is 14.4 Å². The Hall–Kier alpha value is -2.87. The summed E-state index contributed by atoms with van der Waals surface area (Å²) in [5.41, 5.74) is 1.05. The first kappa shape index (κ1) is 18.9. The number of rotatable bonds is 5. The van der Waals surface area contributed by atoms with E-state index in [9.17, 15) is 18.8 Å². The summed E-state index contributed by atoms with van der Waals surface area (Å²) < 4.78 is 13.2. The number of halogens is 1. The second-order valence-corrected chi connectivity index (χ2v) is 7.35. The third-order valence-corrected chi connectivity index (χ3v) is 5.26. The molecular weight excluding hydrogens is 369 g/mol. The lowest BCUT2D eigenvalue weighted by molar-refractivity contribution is -0.134. The molecule has 0 bridgehead atoms. The fourth-order valence-corrected chi connectivity index (χ4v) is 3.71. The maximum Gasteiger partial charge on any atom is 0.243 e. The Bertz CT molecular complexity index is 890. The van der Waals surface area contributed by atoms with E-state index in [2.05, 4.69) is 10.6 Å². The summed E-state index contributed by atoms with van der Waals surface area (Å²) in [5, 5.41) is 4.77. The minimum Gasteiger partial charge on any atom is -0.336 e. The van der Waals surface area contributed by atoms with Gasteiger partial charge >= 0.3 is 0 Å². The van der Waals surface area contributed by atoms with E-state index in [1.54, 1.807) is 12.1 Å². The first-order valence-corrected chi connectivity index (χ1v) is 9.16. The standard InChI is InChI=1S/C19H18FN3O3S/c1-23(11-17(24)21-13-6-4-5-12(20)9-13)18(25)10-16-19(26)22-14-7-2-3-8-15(14)27-16/h2-9,16H,10-11H2,1H3,(H,21,24)(H,22,26)/t16-/m1/s1. The van der Waals surface area contributed by atoms with E-state index < -0.39 is 17.0 Å². The van der Waals surface area contributed by atoms with Crippen LogP contribution in [0.15, 0.2) is 53.4 Å². The van der Waals surface area contributed by atoms with Gasteiger partial charge in [0.25, 0.3) is 0 Å². The molecule has 2 N–H and O–H groups in total. The predicted molar refractivity (Wildman–Crippen MR) is 102 cm³/mol. The van der Waals surface area contributed by atoms with Crippen molar-refractivity contribution in [3.8, 4) is 0 Å². The van der Waals surface area contributed by atoms with Gasteiger partial charge < -0.3 is 15.5 Å². The van der Waals surface area contributed by atoms with Gasteiger partial charge in [0.2, 0.25) is 17.7 Å². The molecule has 0 saturated carbocycles. The molecule has 0 radical (unpaired) electrons. The zero-order valence-corrected chi connectivity index (χ0v) is 15.4. The molecule has 1 atom stereocenters. The molecule has 0 aliphatic carbocycles. The van der Waals surface area contributed by atoms with Crippen LogP contribution in [0.2, 0.25) is 0 Å². The molecule has 6 nitrogen and oxygen atoms in total. The van der Waals surface area contributed by atoms with E-state index in [-0.39, 0.29) is 24.8 Å². The van der Waals surface area contributed by atoms with Crippen LogP contribution in [0, 0.1) is 5.82 Å². The molecule has 1 heterocycles. The molecular formula is C19H18FN3O3S. The molecule has 140 valence electrons. The number of anilines is 2. The molecule has 1 aliphatic heterocycles. The molecule has 3 amide bonds. The van der Waals surface area contributed by atoms with Crippen molar-refractivity contribution in [1.29, 1.82) is 0 Å². The van der Waals surface area contributed by atoms with Crippen molar-refractivity contribution in [3.63, 3.8) is 0 Å². The fraction of sp³-hybridized carbons (Fsp3) is 0.211. The number of likely N-dealkylation sites (N-methyl/N-ethyl adjacent to an activating group) is 1. The van der Waals surface area contributed by atoms with Gasteiger partial charge in [0.1, 0.15) is 5.82 Å². The van der Waals surface area contributed by atoms with Gasteiger partial charge in [0, 0.05) is 24.1 Å². The van der Waals surface area contributed by atoms with Crippen LogP contribution in [0.3, 0.4) is 0 Å². The Labute approximate surface area is 160 Å². The summed E-state index contributed by atoms with van der Waals surface area (Å²) in [6, 6.07) is 12.9. The van der Waals surface area contributed by atoms with E-state index in [1.807, 2.05) is 18.2 Å². The molecule has 1 aliphatic rings. The number of nitrogens with one attached hydrogen (secondary N) is 2. The van der Waals surface area contributed by atoms with Gasteiger partial charge in [0.15, 0.2) is 0 Å². The first-order chi connectivity index (χ1) is 12.9. The van der Waals surface area contributed by atoms with E-state index in [0.29, 0.717) is 5.69 Å². The van der Waals surface area contributed by atoms with Crippen LogP contribution in [0.4, 0.5) is 15.8 Å². The number of fused-ring (bicyclic) bond motifs is 1. The van der Waals surface area contributed by atoms with Crippen molar-refractivity contribution in [2.75, 3.05) is 24.2 Å². The number of benzene rings is 2. The van der Waals surface area contributed by atoms with Gasteiger partial charge in [-0.25, -0.2) is 4.39 Å². The van der Waals surface area contributed by atoms with E-state index in [0.717, 1.165) is 10.6 Å². The van der Waals surface area contributed by atoms with Crippen molar-refractivity contribution in [2.24, 2.45) is 0 Å². The largest absolute Gasteiger partial charge is 0.336 e. The van der Waals surface area contributed by atoms with Gasteiger partial charge in [-0.3, -0.25) is 14.4 Å². The Morgan fingerprint density at radius 3 is 2.78 bits per heavy atom. The highest BCUT2D eigenvalue weighted by molar-refractivity contribution is 8.01. The minimum absolute atomic E-state index is 0.0193. The highest BCUT2D eigenvalue weighted by Crippen LogP contribution is 2.36. The van der Waals surface area contributed by atoms with Crippen LogP contribution in [0.1, 0.15) is 6.42 Å². The molecule has 3 rings (SSSR count). The zero-order chi connectivity index (χ0) is 19.4. The smallest absolute Gasteiger partial charge is 0.243 e. The third kappa shape index (κ3) is 4.85. The second kappa shape index (κ2) is 8.22. The number of carbonyl (C=O) groups is 3. The molecule has 8 heteroatoms. The summed E-state index contributed by atoms with van der Waals surface area (Å²) in [4.78, 5) is 38.8. The predicted octanol–water partition coefficient (Wildman–Crippen LogP) is 2.73. The zero-order valence-electron chi connectivity index (χ0n) is 14.6. The molecule has 27 heavy (non-hydrogen) atoms. The van der Waals surface area contributed by atoms with Crippen LogP contribution in [0.25, 0.3) is 0 Å². The summed E-state index contributed by atoms with van der Waals surface area (Å²) in [6.45, 7) is -0.190. The molecule has 2 aromatic carbocycles. The van der Waals surface area contributed by atoms with Crippen LogP contribution in [-0.4, -0.2) is 41.5 Å². The average Bonchev–Trinajstić information content (AvgIpc) is 2.62. The van der Waals surface area contributed by atoms with Crippen LogP contribution < -0.4 is 10.6 Å². The van der Waals surface area contributed by atoms with Crippen LogP contribution in [0.5, 0.6) is 0 Å². The normalized spacial score (nSPS) is 15.5. The highest BCUT2D eigenvalue weighted by Gasteiger charge is 2.30. The molecule has 0 spiro atoms. The number of carbonyl (C=O) groups excluding carboxylic acids is 3. The number of hydrogen-bond acceptors (Lipinski definition) is 4. The van der Waals surface area contributed by atoms with Gasteiger partial charge in [-0.15, -0.1) is 11.8 Å². The van der Waals surface area contributed by atoms with Gasteiger partial charge in [-0.05, 0) is 30.3 Å². The SMILES string of the molecule is CN(CC(=O)Nc1cccc(F)c1)C(=O)C[C@H]1Sc2ccccc2NC1=O. The lowest BCUT2D eigenvalue weighted by Gasteiger charge is -2.25. The van der Waals surface area contributed by atoms with Gasteiger partial charge in [0.05, 0.1) is 17.5 Å². The lowest BCUT2D eigenvalue weighted by atomic mass is 10.2. The van der Waals surface area contributed by atoms with E-state index >= 15 is 0 Å². The highest BCUT2D eigenvalue weighted by atomic mass is 32.2. The average molecular weight is 387 g/mol. The van der Waals surface area contributed by atoms with Crippen molar-refractivity contribution < 1.29 is 18.8 Å². The van der Waals surface area contributed by atoms with Crippen molar-refractivity contribution >= 4 is 40.9 Å². The quantitative estimate of drug-likeness (QED) is 0.827. The summed E-state index contributed by atoms with van der Waals surface area (Å²) in [5.74, 6) is -1.46. The number of amides is 3. The fourth-order valence-electron chi connectivity index (χ4n) is 2.61. The molecule has 0 saturated heterocycles. The third-order valence-electron chi connectivity index (χ3n) is 3.98. The minimum atomic E-state index is -0.555. The molecule has 0 fully saturated rings. The van der Waals surface area contributed by atoms with Crippen molar-refractivity contribution in [1.82, 2.24) is 4.90 Å². The summed E-state index contributed by atoms with van der Waals surface area (Å²) >= 11 is 1.33. The van der Waals surface area contributed by atoms with E-state index in [4.69, 9.17) is 0 Å². The Kier molecular flexibility index (Phi) is 5.75. The van der Waals surface area contributed by atoms with Crippen molar-refractivity contribution in [2.45, 2.75) is 16.6 Å².